The first-order chi connectivity index (χ1) is 14.8. The van der Waals surface area contributed by atoms with E-state index in [4.69, 9.17) is 23.7 Å². The summed E-state index contributed by atoms with van der Waals surface area (Å²) in [6.07, 6.45) is -1.44. The second kappa shape index (κ2) is 11.9. The highest BCUT2D eigenvalue weighted by molar-refractivity contribution is 5.77. The number of rotatable bonds is 8. The van der Waals surface area contributed by atoms with E-state index in [1.807, 2.05) is 48.5 Å². The van der Waals surface area contributed by atoms with Gasteiger partial charge in [0.2, 0.25) is 6.10 Å². The average molecular weight is 450 g/mol. The molecule has 2 aromatic carbocycles. The highest BCUT2D eigenvalue weighted by Gasteiger charge is 2.39. The van der Waals surface area contributed by atoms with Crippen LogP contribution in [0.15, 0.2) is 54.6 Å². The molecule has 0 spiro atoms. The van der Waals surface area contributed by atoms with Crippen LogP contribution in [0, 0.1) is 0 Å². The van der Waals surface area contributed by atoms with Gasteiger partial charge in [0.05, 0.1) is 26.4 Å². The Morgan fingerprint density at radius 1 is 0.903 bits per heavy atom. The number of morpholine rings is 1. The number of para-hydroxylation sites is 2. The minimum atomic E-state index is -0.875. The summed E-state index contributed by atoms with van der Waals surface area (Å²) in [5.74, 6) is 0.696. The number of benzene rings is 2. The van der Waals surface area contributed by atoms with E-state index in [0.717, 1.165) is 38.4 Å². The predicted octanol–water partition coefficient (Wildman–Crippen LogP) is -1.95. The lowest BCUT2D eigenvalue weighted by atomic mass is 10.0. The monoisotopic (exact) mass is 449 g/mol. The normalized spacial score (nSPS) is 20.5. The number of esters is 1. The zero-order valence-corrected chi connectivity index (χ0v) is 18.1. The van der Waals surface area contributed by atoms with Gasteiger partial charge in [-0.25, -0.2) is 4.79 Å². The van der Waals surface area contributed by atoms with Crippen molar-refractivity contribution in [2.75, 3.05) is 52.7 Å². The van der Waals surface area contributed by atoms with Crippen LogP contribution in [-0.2, 0) is 19.0 Å². The topological polar surface area (TPSA) is 67.7 Å². The van der Waals surface area contributed by atoms with Crippen molar-refractivity contribution in [1.82, 2.24) is 0 Å². The number of hydrogen-bond acceptors (Lipinski definition) is 6. The molecule has 0 radical (unpaired) electrons. The van der Waals surface area contributed by atoms with E-state index in [1.54, 1.807) is 6.07 Å². The van der Waals surface area contributed by atoms with Crippen molar-refractivity contribution in [1.29, 1.82) is 0 Å². The smallest absolute Gasteiger partial charge is 0.351 e. The second-order valence-electron chi connectivity index (χ2n) is 7.33. The van der Waals surface area contributed by atoms with Crippen LogP contribution in [0.3, 0.4) is 0 Å². The van der Waals surface area contributed by atoms with Crippen LogP contribution in [0.1, 0.15) is 11.7 Å². The molecular formula is C23H28ClNO6. The Kier molecular flexibility index (Phi) is 8.97. The summed E-state index contributed by atoms with van der Waals surface area (Å²) in [5, 5.41) is 0. The van der Waals surface area contributed by atoms with Gasteiger partial charge in [0.15, 0.2) is 17.6 Å². The molecule has 2 aliphatic rings. The number of quaternary nitrogens is 1. The third kappa shape index (κ3) is 6.33. The van der Waals surface area contributed by atoms with Crippen molar-refractivity contribution in [3.05, 3.63) is 60.2 Å². The van der Waals surface area contributed by atoms with Gasteiger partial charge in [0.1, 0.15) is 26.2 Å². The zero-order valence-electron chi connectivity index (χ0n) is 17.3. The maximum absolute atomic E-state index is 12.8. The molecule has 1 N–H and O–H groups in total. The number of nitrogens with one attached hydrogen (secondary N) is 1. The van der Waals surface area contributed by atoms with Gasteiger partial charge < -0.3 is 41.0 Å². The fourth-order valence-corrected chi connectivity index (χ4v) is 3.61. The molecule has 2 aliphatic heterocycles. The Bertz CT molecular complexity index is 815. The molecule has 2 heterocycles. The van der Waals surface area contributed by atoms with Crippen LogP contribution in [0.25, 0.3) is 0 Å². The molecule has 0 bridgehead atoms. The standard InChI is InChI=1S/C23H27NO6.ClH/c25-23(28-17-16-27-15-12-24-10-13-26-14-11-24)22-21(18-6-2-1-3-7-18)29-19-8-4-5-9-20(19)30-22;/h1-9,21-22H,10-17H2;1H. The summed E-state index contributed by atoms with van der Waals surface area (Å²) < 4.78 is 28.5. The second-order valence-corrected chi connectivity index (χ2v) is 7.33. The maximum Gasteiger partial charge on any atom is 0.351 e. The largest absolute Gasteiger partial charge is 1.00 e. The Hall–Kier alpha value is -2.32. The highest BCUT2D eigenvalue weighted by Crippen LogP contribution is 2.39. The van der Waals surface area contributed by atoms with E-state index in [2.05, 4.69) is 0 Å². The molecular weight excluding hydrogens is 422 g/mol. The van der Waals surface area contributed by atoms with Gasteiger partial charge in [-0.3, -0.25) is 0 Å². The van der Waals surface area contributed by atoms with E-state index in [-0.39, 0.29) is 19.0 Å². The molecule has 2 unspecified atom stereocenters. The van der Waals surface area contributed by atoms with Crippen molar-refractivity contribution in [2.45, 2.75) is 12.2 Å². The molecule has 2 aromatic rings. The molecule has 31 heavy (non-hydrogen) atoms. The molecule has 7 nitrogen and oxygen atoms in total. The number of ether oxygens (including phenoxy) is 5. The van der Waals surface area contributed by atoms with Gasteiger partial charge in [0.25, 0.3) is 0 Å². The van der Waals surface area contributed by atoms with Crippen LogP contribution in [-0.4, -0.2) is 64.7 Å². The molecule has 168 valence electrons. The summed E-state index contributed by atoms with van der Waals surface area (Å²) in [4.78, 5) is 14.3. The molecule has 8 heteroatoms. The van der Waals surface area contributed by atoms with E-state index in [1.165, 1.54) is 4.90 Å². The molecule has 1 fully saturated rings. The molecule has 0 aromatic heterocycles. The summed E-state index contributed by atoms with van der Waals surface area (Å²) in [7, 11) is 0. The fourth-order valence-electron chi connectivity index (χ4n) is 3.61. The first kappa shape index (κ1) is 23.3. The van der Waals surface area contributed by atoms with E-state index >= 15 is 0 Å². The van der Waals surface area contributed by atoms with Crippen molar-refractivity contribution in [3.8, 4) is 11.5 Å². The van der Waals surface area contributed by atoms with Crippen molar-refractivity contribution >= 4 is 5.97 Å². The van der Waals surface area contributed by atoms with Crippen LogP contribution in [0.4, 0.5) is 0 Å². The number of halogens is 1. The minimum Gasteiger partial charge on any atom is -1.00 e. The van der Waals surface area contributed by atoms with Gasteiger partial charge in [-0.15, -0.1) is 0 Å². The fraction of sp³-hybridized carbons (Fsp3) is 0.435. The predicted molar refractivity (Wildman–Crippen MR) is 109 cm³/mol. The minimum absolute atomic E-state index is 0. The molecule has 0 amide bonds. The van der Waals surface area contributed by atoms with Gasteiger partial charge >= 0.3 is 5.97 Å². The van der Waals surface area contributed by atoms with E-state index in [9.17, 15) is 4.79 Å². The number of hydrogen-bond donors (Lipinski definition) is 1. The summed E-state index contributed by atoms with van der Waals surface area (Å²) in [6.45, 7) is 5.75. The Morgan fingerprint density at radius 2 is 1.58 bits per heavy atom. The Balaban J connectivity index is 0.00000272. The van der Waals surface area contributed by atoms with Gasteiger partial charge in [0, 0.05) is 0 Å². The third-order valence-electron chi connectivity index (χ3n) is 5.26. The van der Waals surface area contributed by atoms with Crippen molar-refractivity contribution in [2.24, 2.45) is 0 Å². The average Bonchev–Trinajstić information content (AvgIpc) is 2.81. The Morgan fingerprint density at radius 3 is 2.32 bits per heavy atom. The van der Waals surface area contributed by atoms with Gasteiger partial charge in [-0.2, -0.15) is 0 Å². The van der Waals surface area contributed by atoms with E-state index < -0.39 is 18.2 Å². The van der Waals surface area contributed by atoms with Crippen LogP contribution >= 0.6 is 0 Å². The van der Waals surface area contributed by atoms with Crippen LogP contribution in [0.5, 0.6) is 11.5 Å². The summed E-state index contributed by atoms with van der Waals surface area (Å²) in [5.41, 5.74) is 0.860. The molecule has 0 aliphatic carbocycles. The molecule has 4 rings (SSSR count). The lowest BCUT2D eigenvalue weighted by Gasteiger charge is -2.32. The van der Waals surface area contributed by atoms with Crippen molar-refractivity contribution < 1.29 is 45.8 Å². The van der Waals surface area contributed by atoms with Crippen molar-refractivity contribution in [3.63, 3.8) is 0 Å². The molecule has 2 atom stereocenters. The summed E-state index contributed by atoms with van der Waals surface area (Å²) >= 11 is 0. The quantitative estimate of drug-likeness (QED) is 0.373. The SMILES string of the molecule is O=C(OCCOCC[NH+]1CCOCC1)C1Oc2ccccc2OC1c1ccccc1.[Cl-]. The van der Waals surface area contributed by atoms with E-state index in [0.29, 0.717) is 24.7 Å². The highest BCUT2D eigenvalue weighted by atomic mass is 35.5. The number of carbonyl (C=O) groups is 1. The molecule has 1 saturated heterocycles. The van der Waals surface area contributed by atoms with Gasteiger partial charge in [-0.1, -0.05) is 42.5 Å². The number of fused-ring (bicyclic) bond motifs is 1. The zero-order chi connectivity index (χ0) is 20.6. The van der Waals surface area contributed by atoms with Crippen LogP contribution < -0.4 is 26.8 Å². The maximum atomic E-state index is 12.8. The first-order valence-corrected chi connectivity index (χ1v) is 10.4. The lowest BCUT2D eigenvalue weighted by Crippen LogP contribution is -3.14. The Labute approximate surface area is 188 Å². The lowest BCUT2D eigenvalue weighted by molar-refractivity contribution is -0.908. The summed E-state index contributed by atoms with van der Waals surface area (Å²) in [6, 6.07) is 16.9. The molecule has 0 saturated carbocycles. The van der Waals surface area contributed by atoms with Crippen LogP contribution in [0.2, 0.25) is 0 Å². The first-order valence-electron chi connectivity index (χ1n) is 10.4. The van der Waals surface area contributed by atoms with Gasteiger partial charge in [-0.05, 0) is 17.7 Å². The number of carbonyl (C=O) groups excluding carboxylic acids is 1. The third-order valence-corrected chi connectivity index (χ3v) is 5.26.